The number of anilines is 1. The molecule has 4 aromatic carbocycles. The Morgan fingerprint density at radius 2 is 1.74 bits per heavy atom. The molecule has 0 aromatic heterocycles. The zero-order valence-electron chi connectivity index (χ0n) is 21.0. The molecule has 1 heterocycles. The summed E-state index contributed by atoms with van der Waals surface area (Å²) in [5.74, 6) is -0.696. The molecule has 4 aromatic rings. The van der Waals surface area contributed by atoms with Gasteiger partial charge in [0.2, 0.25) is 0 Å². The van der Waals surface area contributed by atoms with Crippen molar-refractivity contribution >= 4 is 67.9 Å². The first kappa shape index (κ1) is 26.5. The monoisotopic (exact) mass is 604 g/mol. The number of aryl methyl sites for hydroxylation is 1. The topological polar surface area (TPSA) is 84.9 Å². The van der Waals surface area contributed by atoms with Crippen LogP contribution in [0.4, 0.5) is 10.5 Å². The molecule has 1 saturated heterocycles. The molecule has 0 unspecified atom stereocenters. The smallest absolute Gasteiger partial charge is 0.335 e. The first-order chi connectivity index (χ1) is 18.7. The van der Waals surface area contributed by atoms with Gasteiger partial charge in [0, 0.05) is 5.02 Å². The van der Waals surface area contributed by atoms with Crippen LogP contribution >= 0.6 is 27.5 Å². The van der Waals surface area contributed by atoms with Crippen molar-refractivity contribution in [2.45, 2.75) is 13.5 Å². The largest absolute Gasteiger partial charge is 0.493 e. The fourth-order valence-electron chi connectivity index (χ4n) is 4.23. The maximum atomic E-state index is 13.3. The van der Waals surface area contributed by atoms with E-state index in [2.05, 4.69) is 33.4 Å². The number of barbiturate groups is 1. The van der Waals surface area contributed by atoms with E-state index in [1.807, 2.05) is 30.3 Å². The summed E-state index contributed by atoms with van der Waals surface area (Å²) < 4.78 is 12.2. The Morgan fingerprint density at radius 1 is 0.974 bits per heavy atom. The Bertz CT molecular complexity index is 1680. The van der Waals surface area contributed by atoms with Gasteiger partial charge in [0.05, 0.1) is 17.3 Å². The van der Waals surface area contributed by atoms with Crippen LogP contribution in [0.5, 0.6) is 11.5 Å². The van der Waals surface area contributed by atoms with Crippen molar-refractivity contribution in [1.29, 1.82) is 0 Å². The van der Waals surface area contributed by atoms with Gasteiger partial charge in [-0.1, -0.05) is 54.1 Å². The number of imide groups is 2. The van der Waals surface area contributed by atoms with Gasteiger partial charge in [0.25, 0.3) is 11.8 Å². The minimum Gasteiger partial charge on any atom is -0.493 e. The summed E-state index contributed by atoms with van der Waals surface area (Å²) in [6.07, 6.45) is 1.40. The first-order valence-electron chi connectivity index (χ1n) is 11.9. The molecule has 1 aliphatic heterocycles. The molecule has 5 rings (SSSR count). The summed E-state index contributed by atoms with van der Waals surface area (Å²) in [7, 11) is 1.50. The molecule has 1 fully saturated rings. The Balaban J connectivity index is 1.42. The second kappa shape index (κ2) is 10.9. The summed E-state index contributed by atoms with van der Waals surface area (Å²) in [5, 5.41) is 4.87. The highest BCUT2D eigenvalue weighted by molar-refractivity contribution is 9.10. The first-order valence-corrected chi connectivity index (χ1v) is 13.1. The molecule has 0 bridgehead atoms. The van der Waals surface area contributed by atoms with E-state index in [9.17, 15) is 14.4 Å². The van der Waals surface area contributed by atoms with Crippen LogP contribution in [0.2, 0.25) is 5.02 Å². The van der Waals surface area contributed by atoms with Gasteiger partial charge < -0.3 is 9.47 Å². The van der Waals surface area contributed by atoms with E-state index in [0.29, 0.717) is 33.2 Å². The Morgan fingerprint density at radius 3 is 2.49 bits per heavy atom. The molecule has 0 spiro atoms. The number of hydrogen-bond donors (Lipinski definition) is 1. The Labute approximate surface area is 238 Å². The molecule has 0 aliphatic carbocycles. The molecule has 196 valence electrons. The number of rotatable bonds is 6. The predicted octanol–water partition coefficient (Wildman–Crippen LogP) is 6.82. The van der Waals surface area contributed by atoms with Gasteiger partial charge in [0.15, 0.2) is 11.5 Å². The molecule has 1 aliphatic rings. The summed E-state index contributed by atoms with van der Waals surface area (Å²) >= 11 is 9.72. The van der Waals surface area contributed by atoms with Crippen LogP contribution in [0.25, 0.3) is 16.8 Å². The summed E-state index contributed by atoms with van der Waals surface area (Å²) in [5.41, 5.74) is 2.30. The summed E-state index contributed by atoms with van der Waals surface area (Å²) in [6.45, 7) is 2.11. The number of benzene rings is 4. The molecule has 0 atom stereocenters. The number of carbonyl (C=O) groups excluding carboxylic acids is 3. The van der Waals surface area contributed by atoms with Crippen LogP contribution in [0.1, 0.15) is 16.7 Å². The number of ether oxygens (including phenoxy) is 2. The van der Waals surface area contributed by atoms with E-state index in [0.717, 1.165) is 26.8 Å². The van der Waals surface area contributed by atoms with Crippen molar-refractivity contribution in [3.63, 3.8) is 0 Å². The second-order valence-electron chi connectivity index (χ2n) is 8.90. The third-order valence-corrected chi connectivity index (χ3v) is 7.27. The third-order valence-electron chi connectivity index (χ3n) is 6.28. The molecule has 7 nitrogen and oxygen atoms in total. The number of nitrogens with zero attached hydrogens (tertiary/aromatic N) is 1. The zero-order chi connectivity index (χ0) is 27.7. The number of halogens is 2. The third kappa shape index (κ3) is 5.39. The van der Waals surface area contributed by atoms with E-state index in [4.69, 9.17) is 21.1 Å². The molecule has 0 saturated carbocycles. The Kier molecular flexibility index (Phi) is 7.41. The second-order valence-corrected chi connectivity index (χ2v) is 10.2. The van der Waals surface area contributed by atoms with Gasteiger partial charge in [-0.05, 0) is 86.7 Å². The number of urea groups is 1. The molecule has 1 N–H and O–H groups in total. The minimum absolute atomic E-state index is 0.218. The van der Waals surface area contributed by atoms with Crippen molar-refractivity contribution in [2.75, 3.05) is 12.0 Å². The Hall–Kier alpha value is -4.14. The van der Waals surface area contributed by atoms with E-state index < -0.39 is 17.8 Å². The maximum absolute atomic E-state index is 13.3. The quantitative estimate of drug-likeness (QED) is 0.193. The highest BCUT2D eigenvalue weighted by atomic mass is 79.9. The number of carbonyl (C=O) groups is 3. The number of hydrogen-bond acceptors (Lipinski definition) is 5. The predicted molar refractivity (Wildman–Crippen MR) is 154 cm³/mol. The summed E-state index contributed by atoms with van der Waals surface area (Å²) in [4.78, 5) is 39.3. The average molecular weight is 606 g/mol. The number of methoxy groups -OCH3 is 1. The lowest BCUT2D eigenvalue weighted by Gasteiger charge is -2.26. The van der Waals surface area contributed by atoms with Crippen molar-refractivity contribution in [1.82, 2.24) is 5.32 Å². The van der Waals surface area contributed by atoms with E-state index in [-0.39, 0.29) is 11.3 Å². The molecule has 9 heteroatoms. The highest BCUT2D eigenvalue weighted by Crippen LogP contribution is 2.38. The van der Waals surface area contributed by atoms with E-state index in [1.54, 1.807) is 31.2 Å². The van der Waals surface area contributed by atoms with Crippen molar-refractivity contribution in [3.05, 3.63) is 105 Å². The van der Waals surface area contributed by atoms with Crippen LogP contribution in [0.3, 0.4) is 0 Å². The lowest BCUT2D eigenvalue weighted by molar-refractivity contribution is -0.122. The number of amides is 4. The SMILES string of the molecule is COc1cc(/C=C2/C(=O)NC(=O)N(c3ccc(C)c(Cl)c3)C2=O)cc(Br)c1OCc1ccc2ccccc2c1. The van der Waals surface area contributed by atoms with Gasteiger partial charge in [-0.25, -0.2) is 9.69 Å². The van der Waals surface area contributed by atoms with E-state index in [1.165, 1.54) is 19.3 Å². The van der Waals surface area contributed by atoms with Gasteiger partial charge in [-0.3, -0.25) is 14.9 Å². The van der Waals surface area contributed by atoms with Crippen molar-refractivity contribution in [2.24, 2.45) is 0 Å². The number of fused-ring (bicyclic) bond motifs is 1. The zero-order valence-corrected chi connectivity index (χ0v) is 23.3. The number of nitrogens with one attached hydrogen (secondary N) is 1. The fraction of sp³-hybridized carbons (Fsp3) is 0.100. The van der Waals surface area contributed by atoms with Gasteiger partial charge in [0.1, 0.15) is 12.2 Å². The van der Waals surface area contributed by atoms with E-state index >= 15 is 0 Å². The van der Waals surface area contributed by atoms with Crippen molar-refractivity contribution < 1.29 is 23.9 Å². The van der Waals surface area contributed by atoms with Gasteiger partial charge >= 0.3 is 6.03 Å². The lowest BCUT2D eigenvalue weighted by atomic mass is 10.1. The van der Waals surface area contributed by atoms with Gasteiger partial charge in [-0.15, -0.1) is 0 Å². The molecular weight excluding hydrogens is 584 g/mol. The molecule has 4 amide bonds. The highest BCUT2D eigenvalue weighted by Gasteiger charge is 2.37. The van der Waals surface area contributed by atoms with Crippen LogP contribution in [0, 0.1) is 6.92 Å². The lowest BCUT2D eigenvalue weighted by Crippen LogP contribution is -2.54. The summed E-state index contributed by atoms with van der Waals surface area (Å²) in [6, 6.07) is 21.5. The molecule has 39 heavy (non-hydrogen) atoms. The van der Waals surface area contributed by atoms with Crippen LogP contribution in [0.15, 0.2) is 82.8 Å². The van der Waals surface area contributed by atoms with Crippen LogP contribution in [-0.4, -0.2) is 25.0 Å². The molecule has 0 radical (unpaired) electrons. The normalized spacial score (nSPS) is 14.6. The van der Waals surface area contributed by atoms with Crippen LogP contribution in [-0.2, 0) is 16.2 Å². The van der Waals surface area contributed by atoms with Gasteiger partial charge in [-0.2, -0.15) is 0 Å². The fourth-order valence-corrected chi connectivity index (χ4v) is 4.98. The van der Waals surface area contributed by atoms with Crippen molar-refractivity contribution in [3.8, 4) is 11.5 Å². The minimum atomic E-state index is -0.849. The standard InChI is InChI=1S/C30H22BrClN2O5/c1-17-7-10-22(15-25(17)32)34-29(36)23(28(35)33-30(34)37)12-19-13-24(31)27(26(14-19)38-2)39-16-18-8-9-20-5-3-4-6-21(20)11-18/h3-15H,16H2,1-2H3,(H,33,35,37)/b23-12-. The van der Waals surface area contributed by atoms with Crippen LogP contribution < -0.4 is 19.7 Å². The maximum Gasteiger partial charge on any atom is 0.335 e. The average Bonchev–Trinajstić information content (AvgIpc) is 2.92. The molecular formula is C30H22BrClN2O5.